The fraction of sp³-hybridized carbons (Fsp3) is 0.158. The molecule has 0 saturated carbocycles. The van der Waals surface area contributed by atoms with Gasteiger partial charge in [-0.05, 0) is 24.3 Å². The zero-order valence-corrected chi connectivity index (χ0v) is 14.3. The van der Waals surface area contributed by atoms with Crippen molar-refractivity contribution in [3.05, 3.63) is 65.9 Å². The van der Waals surface area contributed by atoms with Crippen molar-refractivity contribution in [2.45, 2.75) is 12.8 Å². The minimum absolute atomic E-state index is 0.00135. The molecule has 0 aliphatic heterocycles. The maximum absolute atomic E-state index is 13.6. The van der Waals surface area contributed by atoms with Crippen LogP contribution >= 0.6 is 0 Å². The van der Waals surface area contributed by atoms with Gasteiger partial charge in [0.1, 0.15) is 5.82 Å². The highest BCUT2D eigenvalue weighted by atomic mass is 19.1. The van der Waals surface area contributed by atoms with Crippen LogP contribution in [-0.2, 0) is 11.2 Å². The van der Waals surface area contributed by atoms with Gasteiger partial charge in [0, 0.05) is 36.2 Å². The van der Waals surface area contributed by atoms with Gasteiger partial charge in [-0.25, -0.2) is 18.2 Å². The molecule has 0 aliphatic rings. The molecule has 0 saturated heterocycles. The van der Waals surface area contributed by atoms with Gasteiger partial charge in [0.2, 0.25) is 5.91 Å². The summed E-state index contributed by atoms with van der Waals surface area (Å²) in [7, 11) is 1.15. The summed E-state index contributed by atoms with van der Waals surface area (Å²) in [5.74, 6) is -2.39. The molecule has 3 aromatic rings. The van der Waals surface area contributed by atoms with Crippen molar-refractivity contribution in [3.8, 4) is 17.1 Å². The number of hydrogen-bond acceptors (Lipinski definition) is 4. The van der Waals surface area contributed by atoms with E-state index in [2.05, 4.69) is 15.0 Å². The molecular formula is C19H15F3N2O3. The molecule has 0 atom stereocenters. The van der Waals surface area contributed by atoms with Crippen molar-refractivity contribution in [1.82, 2.24) is 4.98 Å². The van der Waals surface area contributed by atoms with Gasteiger partial charge in [0.25, 0.3) is 0 Å². The predicted molar refractivity (Wildman–Crippen MR) is 91.8 cm³/mol. The Balaban J connectivity index is 1.59. The van der Waals surface area contributed by atoms with E-state index in [0.29, 0.717) is 17.2 Å². The van der Waals surface area contributed by atoms with Gasteiger partial charge in [-0.2, -0.15) is 0 Å². The first-order chi connectivity index (χ1) is 13.0. The van der Waals surface area contributed by atoms with E-state index in [9.17, 15) is 18.0 Å². The lowest BCUT2D eigenvalue weighted by Gasteiger charge is -2.08. The molecule has 3 rings (SSSR count). The Morgan fingerprint density at radius 1 is 1.15 bits per heavy atom. The first-order valence-electron chi connectivity index (χ1n) is 8.00. The SMILES string of the molecule is COc1c(F)cc(NC(=O)CCc2ncc(-c3ccc(F)cc3)o2)cc1F. The Kier molecular flexibility index (Phi) is 5.44. The van der Waals surface area contributed by atoms with Crippen molar-refractivity contribution in [2.24, 2.45) is 0 Å². The average Bonchev–Trinajstić information content (AvgIpc) is 3.09. The van der Waals surface area contributed by atoms with Crippen LogP contribution in [0.2, 0.25) is 0 Å². The van der Waals surface area contributed by atoms with Gasteiger partial charge in [0.15, 0.2) is 29.0 Å². The number of ether oxygens (including phenoxy) is 1. The molecule has 5 nitrogen and oxygen atoms in total. The van der Waals surface area contributed by atoms with Gasteiger partial charge in [0.05, 0.1) is 13.3 Å². The van der Waals surface area contributed by atoms with Crippen LogP contribution in [0.1, 0.15) is 12.3 Å². The first-order valence-corrected chi connectivity index (χ1v) is 8.00. The third kappa shape index (κ3) is 4.46. The smallest absolute Gasteiger partial charge is 0.224 e. The minimum Gasteiger partial charge on any atom is -0.491 e. The largest absolute Gasteiger partial charge is 0.491 e. The second-order valence-corrected chi connectivity index (χ2v) is 5.65. The number of aryl methyl sites for hydroxylation is 1. The second-order valence-electron chi connectivity index (χ2n) is 5.65. The van der Waals surface area contributed by atoms with E-state index in [-0.39, 0.29) is 24.3 Å². The third-order valence-corrected chi connectivity index (χ3v) is 3.73. The lowest BCUT2D eigenvalue weighted by molar-refractivity contribution is -0.116. The van der Waals surface area contributed by atoms with Crippen LogP contribution in [-0.4, -0.2) is 18.0 Å². The fourth-order valence-corrected chi connectivity index (χ4v) is 2.44. The molecule has 1 heterocycles. The predicted octanol–water partition coefficient (Wildman–Crippen LogP) is 4.34. The summed E-state index contributed by atoms with van der Waals surface area (Å²) in [5.41, 5.74) is 0.638. The Bertz CT molecular complexity index is 932. The van der Waals surface area contributed by atoms with Crippen LogP contribution in [0.25, 0.3) is 11.3 Å². The number of anilines is 1. The van der Waals surface area contributed by atoms with E-state index in [1.54, 1.807) is 12.1 Å². The molecular weight excluding hydrogens is 361 g/mol. The first kappa shape index (κ1) is 18.5. The van der Waals surface area contributed by atoms with E-state index >= 15 is 0 Å². The maximum atomic E-state index is 13.6. The fourth-order valence-electron chi connectivity index (χ4n) is 2.44. The van der Waals surface area contributed by atoms with E-state index < -0.39 is 23.3 Å². The minimum atomic E-state index is -0.913. The van der Waals surface area contributed by atoms with Crippen LogP contribution < -0.4 is 10.1 Å². The summed E-state index contributed by atoms with van der Waals surface area (Å²) >= 11 is 0. The van der Waals surface area contributed by atoms with Crippen LogP contribution in [0.5, 0.6) is 5.75 Å². The van der Waals surface area contributed by atoms with Gasteiger partial charge >= 0.3 is 0 Å². The average molecular weight is 376 g/mol. The zero-order valence-electron chi connectivity index (χ0n) is 14.3. The summed E-state index contributed by atoms with van der Waals surface area (Å²) in [5, 5.41) is 2.40. The highest BCUT2D eigenvalue weighted by Gasteiger charge is 2.14. The molecule has 2 aromatic carbocycles. The Labute approximate surface area is 152 Å². The highest BCUT2D eigenvalue weighted by molar-refractivity contribution is 5.90. The number of nitrogens with zero attached hydrogens (tertiary/aromatic N) is 1. The number of oxazole rings is 1. The molecule has 0 aliphatic carbocycles. The molecule has 1 N–H and O–H groups in total. The zero-order chi connectivity index (χ0) is 19.4. The standard InChI is InChI=1S/C19H15F3N2O3/c1-26-19-14(21)8-13(9-15(19)22)24-17(25)6-7-18-23-10-16(27-18)11-2-4-12(20)5-3-11/h2-5,8-10H,6-7H2,1H3,(H,24,25). The van der Waals surface area contributed by atoms with Crippen molar-refractivity contribution >= 4 is 11.6 Å². The molecule has 0 fully saturated rings. The van der Waals surface area contributed by atoms with Gasteiger partial charge in [-0.1, -0.05) is 0 Å². The topological polar surface area (TPSA) is 64.4 Å². The molecule has 0 bridgehead atoms. The van der Waals surface area contributed by atoms with Gasteiger partial charge < -0.3 is 14.5 Å². The van der Waals surface area contributed by atoms with Crippen LogP contribution in [0.4, 0.5) is 18.9 Å². The van der Waals surface area contributed by atoms with Gasteiger partial charge in [-0.15, -0.1) is 0 Å². The Morgan fingerprint density at radius 2 is 1.81 bits per heavy atom. The van der Waals surface area contributed by atoms with E-state index in [0.717, 1.165) is 19.2 Å². The normalized spacial score (nSPS) is 10.7. The molecule has 0 unspecified atom stereocenters. The summed E-state index contributed by atoms with van der Waals surface area (Å²) in [4.78, 5) is 16.0. The molecule has 1 amide bonds. The summed E-state index contributed by atoms with van der Waals surface area (Å²) in [6.45, 7) is 0. The number of halogens is 3. The molecule has 27 heavy (non-hydrogen) atoms. The van der Waals surface area contributed by atoms with Crippen LogP contribution in [0, 0.1) is 17.5 Å². The van der Waals surface area contributed by atoms with E-state index in [1.807, 2.05) is 0 Å². The van der Waals surface area contributed by atoms with Crippen molar-refractivity contribution in [2.75, 3.05) is 12.4 Å². The summed E-state index contributed by atoms with van der Waals surface area (Å²) in [6.07, 6.45) is 1.67. The quantitative estimate of drug-likeness (QED) is 0.695. The number of rotatable bonds is 6. The number of nitrogens with one attached hydrogen (secondary N) is 1. The molecule has 8 heteroatoms. The Morgan fingerprint density at radius 3 is 2.44 bits per heavy atom. The lowest BCUT2D eigenvalue weighted by atomic mass is 10.2. The second kappa shape index (κ2) is 7.94. The number of hydrogen-bond donors (Lipinski definition) is 1. The summed E-state index contributed by atoms with van der Waals surface area (Å²) < 4.78 is 50.3. The number of amides is 1. The van der Waals surface area contributed by atoms with Crippen molar-refractivity contribution < 1.29 is 27.1 Å². The van der Waals surface area contributed by atoms with Crippen molar-refractivity contribution in [3.63, 3.8) is 0 Å². The number of benzene rings is 2. The van der Waals surface area contributed by atoms with Gasteiger partial charge in [-0.3, -0.25) is 4.79 Å². The lowest BCUT2D eigenvalue weighted by Crippen LogP contribution is -2.13. The number of methoxy groups -OCH3 is 1. The van der Waals surface area contributed by atoms with E-state index in [4.69, 9.17) is 4.42 Å². The van der Waals surface area contributed by atoms with Crippen LogP contribution in [0.15, 0.2) is 47.0 Å². The molecule has 140 valence electrons. The highest BCUT2D eigenvalue weighted by Crippen LogP contribution is 2.25. The third-order valence-electron chi connectivity index (χ3n) is 3.73. The maximum Gasteiger partial charge on any atom is 0.224 e. The van der Waals surface area contributed by atoms with E-state index in [1.165, 1.54) is 18.3 Å². The van der Waals surface area contributed by atoms with Crippen molar-refractivity contribution in [1.29, 1.82) is 0 Å². The van der Waals surface area contributed by atoms with Crippen LogP contribution in [0.3, 0.4) is 0 Å². The molecule has 1 aromatic heterocycles. The molecule has 0 spiro atoms. The Hall–Kier alpha value is -3.29. The summed E-state index contributed by atoms with van der Waals surface area (Å²) in [6, 6.07) is 7.66. The monoisotopic (exact) mass is 376 g/mol. The number of carbonyl (C=O) groups excluding carboxylic acids is 1. The number of carbonyl (C=O) groups is 1. The number of aromatic nitrogens is 1. The molecule has 0 radical (unpaired) electrons.